The van der Waals surface area contributed by atoms with E-state index in [2.05, 4.69) is 37.6 Å². The molecule has 1 fully saturated rings. The molecule has 1 saturated heterocycles. The lowest BCUT2D eigenvalue weighted by Gasteiger charge is -2.37. The molecule has 0 radical (unpaired) electrons. The summed E-state index contributed by atoms with van der Waals surface area (Å²) in [5, 5.41) is 13.6. The molecule has 170 valence electrons. The second kappa shape index (κ2) is 10.7. The molecule has 0 aliphatic carbocycles. The number of rotatable bonds is 8. The van der Waals surface area contributed by atoms with Gasteiger partial charge in [-0.05, 0) is 30.4 Å². The fourth-order valence-electron chi connectivity index (χ4n) is 3.76. The van der Waals surface area contributed by atoms with E-state index < -0.39 is 11.7 Å². The number of carbonyl (C=O) groups is 1. The van der Waals surface area contributed by atoms with Crippen molar-refractivity contribution in [2.24, 2.45) is 16.9 Å². The number of amides is 1. The Hall–Kier alpha value is -3.56. The van der Waals surface area contributed by atoms with E-state index in [1.54, 1.807) is 12.4 Å². The number of halogens is 1. The topological polar surface area (TPSA) is 110 Å². The highest BCUT2D eigenvalue weighted by molar-refractivity contribution is 6.14. The molecule has 0 unspecified atom stereocenters. The molecule has 32 heavy (non-hydrogen) atoms. The molecule has 2 atom stereocenters. The minimum atomic E-state index is -0.624. The zero-order chi connectivity index (χ0) is 23.1. The van der Waals surface area contributed by atoms with Crippen LogP contribution in [0.1, 0.15) is 23.7 Å². The summed E-state index contributed by atoms with van der Waals surface area (Å²) in [6.07, 6.45) is 4.66. The molecule has 1 amide bonds. The van der Waals surface area contributed by atoms with Crippen molar-refractivity contribution in [2.45, 2.75) is 13.3 Å². The third kappa shape index (κ3) is 5.57. The lowest BCUT2D eigenvalue weighted by Crippen LogP contribution is -2.44. The number of piperidine rings is 1. The molecule has 3 N–H and O–H groups in total. The maximum atomic E-state index is 14.4. The van der Waals surface area contributed by atoms with Crippen molar-refractivity contribution < 1.29 is 9.18 Å². The van der Waals surface area contributed by atoms with Crippen LogP contribution in [0.25, 0.3) is 0 Å². The van der Waals surface area contributed by atoms with E-state index in [0.717, 1.165) is 37.4 Å². The van der Waals surface area contributed by atoms with E-state index in [1.165, 1.54) is 18.3 Å². The van der Waals surface area contributed by atoms with Crippen molar-refractivity contribution in [3.8, 4) is 0 Å². The van der Waals surface area contributed by atoms with Crippen molar-refractivity contribution >= 4 is 35.7 Å². The molecule has 0 spiro atoms. The Morgan fingerprint density at radius 1 is 1.41 bits per heavy atom. The molecule has 2 aromatic rings. The number of anilines is 3. The first-order valence-electron chi connectivity index (χ1n) is 10.5. The second-order valence-corrected chi connectivity index (χ2v) is 8.03. The van der Waals surface area contributed by atoms with Gasteiger partial charge in [0.05, 0.1) is 11.9 Å². The molecule has 0 saturated carbocycles. The van der Waals surface area contributed by atoms with Gasteiger partial charge in [0.25, 0.3) is 5.91 Å². The number of nitrogens with zero attached hydrogens (tertiary/aromatic N) is 5. The Labute approximate surface area is 187 Å². The monoisotopic (exact) mass is 440 g/mol. The number of aromatic nitrogens is 2. The molecule has 1 aliphatic heterocycles. The fraction of sp³-hybridized carbons (Fsp3) is 0.409. The number of carbonyl (C=O) groups excluding carboxylic acids is 1. The van der Waals surface area contributed by atoms with E-state index in [9.17, 15) is 9.18 Å². The molecule has 1 aliphatic rings. The molecule has 10 heteroatoms. The smallest absolute Gasteiger partial charge is 0.256 e. The summed E-state index contributed by atoms with van der Waals surface area (Å²) in [5.41, 5.74) is 2.78. The van der Waals surface area contributed by atoms with Gasteiger partial charge < -0.3 is 20.5 Å². The number of benzene rings is 1. The van der Waals surface area contributed by atoms with Crippen molar-refractivity contribution in [2.75, 3.05) is 49.0 Å². The van der Waals surface area contributed by atoms with Crippen LogP contribution in [0.15, 0.2) is 35.7 Å². The van der Waals surface area contributed by atoms with Gasteiger partial charge in [0, 0.05) is 46.0 Å². The zero-order valence-electron chi connectivity index (χ0n) is 18.5. The summed E-state index contributed by atoms with van der Waals surface area (Å²) < 4.78 is 14.4. The predicted octanol–water partition coefficient (Wildman–Crippen LogP) is 2.62. The normalized spacial score (nSPS) is 18.4. The molecule has 1 aromatic carbocycles. The van der Waals surface area contributed by atoms with Crippen molar-refractivity contribution in [1.82, 2.24) is 15.3 Å². The van der Waals surface area contributed by atoms with E-state index in [1.807, 2.05) is 25.1 Å². The van der Waals surface area contributed by atoms with Gasteiger partial charge in [-0.1, -0.05) is 13.0 Å². The highest BCUT2D eigenvalue weighted by Crippen LogP contribution is 2.27. The highest BCUT2D eigenvalue weighted by atomic mass is 19.1. The first-order valence-corrected chi connectivity index (χ1v) is 10.5. The van der Waals surface area contributed by atoms with Crippen LogP contribution >= 0.6 is 0 Å². The largest absolute Gasteiger partial charge is 0.363 e. The highest BCUT2D eigenvalue weighted by Gasteiger charge is 2.28. The first kappa shape index (κ1) is 23.1. The van der Waals surface area contributed by atoms with Gasteiger partial charge in [0.2, 0.25) is 0 Å². The van der Waals surface area contributed by atoms with Crippen LogP contribution in [0.2, 0.25) is 0 Å². The van der Waals surface area contributed by atoms with Gasteiger partial charge >= 0.3 is 0 Å². The Kier molecular flexibility index (Phi) is 7.69. The predicted molar refractivity (Wildman–Crippen MR) is 125 cm³/mol. The lowest BCUT2D eigenvalue weighted by molar-refractivity contribution is 0.0936. The van der Waals surface area contributed by atoms with Crippen LogP contribution in [0, 0.1) is 23.1 Å². The quantitative estimate of drug-likeness (QED) is 0.430. The summed E-state index contributed by atoms with van der Waals surface area (Å²) in [6.45, 7) is 4.24. The Bertz CT molecular complexity index is 980. The third-order valence-corrected chi connectivity index (χ3v) is 5.60. The van der Waals surface area contributed by atoms with E-state index >= 15 is 0 Å². The van der Waals surface area contributed by atoms with E-state index in [4.69, 9.17) is 5.41 Å². The van der Waals surface area contributed by atoms with Gasteiger partial charge in [-0.2, -0.15) is 5.10 Å². The summed E-state index contributed by atoms with van der Waals surface area (Å²) >= 11 is 0. The summed E-state index contributed by atoms with van der Waals surface area (Å²) in [5.74, 6) is 1.22. The number of hydrogen-bond donors (Lipinski definition) is 3. The van der Waals surface area contributed by atoms with Crippen LogP contribution in [-0.2, 0) is 0 Å². The van der Waals surface area contributed by atoms with Crippen molar-refractivity contribution in [3.05, 3.63) is 42.0 Å². The second-order valence-electron chi connectivity index (χ2n) is 8.03. The van der Waals surface area contributed by atoms with Gasteiger partial charge in [-0.15, -0.1) is 0 Å². The molecule has 1 aromatic heterocycles. The average molecular weight is 441 g/mol. The van der Waals surface area contributed by atoms with E-state index in [-0.39, 0.29) is 17.2 Å². The van der Waals surface area contributed by atoms with Crippen LogP contribution in [0.4, 0.5) is 21.7 Å². The SMILES string of the molecule is C[C@H]1CN(c2cc(N(C)C)ncn2)CC[C@@H]1CNC(=O)c1c(F)cccc1N/N=C\C=N. The maximum absolute atomic E-state index is 14.4. The maximum Gasteiger partial charge on any atom is 0.256 e. The molecule has 0 bridgehead atoms. The molecule has 2 heterocycles. The van der Waals surface area contributed by atoms with Crippen LogP contribution in [0.5, 0.6) is 0 Å². The zero-order valence-corrected chi connectivity index (χ0v) is 18.5. The minimum Gasteiger partial charge on any atom is -0.363 e. The van der Waals surface area contributed by atoms with Crippen LogP contribution in [-0.4, -0.2) is 62.0 Å². The molecule has 3 rings (SSSR count). The average Bonchev–Trinajstić information content (AvgIpc) is 2.78. The van der Waals surface area contributed by atoms with Crippen LogP contribution < -0.4 is 20.5 Å². The molecular formula is C22H29FN8O. The van der Waals surface area contributed by atoms with Gasteiger partial charge in [-0.3, -0.25) is 10.2 Å². The standard InChI is InChI=1S/C22H29FN8O/c1-15-13-31(20-11-19(30(2)3)26-14-27-20)10-7-16(15)12-25-22(32)21-17(23)5-4-6-18(21)29-28-9-8-24/h4-6,8-9,11,14-16,24,29H,7,10,12-13H2,1-3H3,(H,25,32)/b24-8?,28-9-/t15-,16+/m0/s1. The number of hydrogen-bond acceptors (Lipinski definition) is 8. The minimum absolute atomic E-state index is 0.0862. The van der Waals surface area contributed by atoms with Gasteiger partial charge in [-0.25, -0.2) is 14.4 Å². The summed E-state index contributed by atoms with van der Waals surface area (Å²) in [4.78, 5) is 25.6. The van der Waals surface area contributed by atoms with Crippen molar-refractivity contribution in [1.29, 1.82) is 5.41 Å². The fourth-order valence-corrected chi connectivity index (χ4v) is 3.76. The number of hydrazone groups is 1. The van der Waals surface area contributed by atoms with Crippen molar-refractivity contribution in [3.63, 3.8) is 0 Å². The number of nitrogens with one attached hydrogen (secondary N) is 3. The summed E-state index contributed by atoms with van der Waals surface area (Å²) in [7, 11) is 3.89. The summed E-state index contributed by atoms with van der Waals surface area (Å²) in [6, 6.07) is 6.29. The van der Waals surface area contributed by atoms with Crippen LogP contribution in [0.3, 0.4) is 0 Å². The lowest BCUT2D eigenvalue weighted by atomic mass is 9.86. The van der Waals surface area contributed by atoms with E-state index in [0.29, 0.717) is 12.5 Å². The third-order valence-electron chi connectivity index (χ3n) is 5.60. The first-order chi connectivity index (χ1) is 15.4. The van der Waals surface area contributed by atoms with Gasteiger partial charge in [0.15, 0.2) is 0 Å². The Morgan fingerprint density at radius 3 is 2.94 bits per heavy atom. The molecule has 9 nitrogen and oxygen atoms in total. The van der Waals surface area contributed by atoms with Gasteiger partial charge in [0.1, 0.15) is 29.3 Å². The Balaban J connectivity index is 1.61. The Morgan fingerprint density at radius 2 is 2.22 bits per heavy atom. The molecular weight excluding hydrogens is 411 g/mol.